The van der Waals surface area contributed by atoms with E-state index in [1.165, 1.54) is 6.92 Å². The topological polar surface area (TPSA) is 95.5 Å². The Balaban J connectivity index is 1.98. The molecular formula is C19H26N2O4. The van der Waals surface area contributed by atoms with Gasteiger partial charge in [-0.2, -0.15) is 0 Å². The fraction of sp³-hybridized carbons (Fsp3) is 0.526. The number of carboxylic acids is 1. The summed E-state index contributed by atoms with van der Waals surface area (Å²) >= 11 is 0. The van der Waals surface area contributed by atoms with Crippen LogP contribution in [-0.2, 0) is 14.4 Å². The summed E-state index contributed by atoms with van der Waals surface area (Å²) in [7, 11) is 0. The van der Waals surface area contributed by atoms with Gasteiger partial charge < -0.3 is 15.7 Å². The van der Waals surface area contributed by atoms with Crippen LogP contribution < -0.4 is 10.6 Å². The Labute approximate surface area is 148 Å². The summed E-state index contributed by atoms with van der Waals surface area (Å²) < 4.78 is 0. The molecule has 1 aromatic rings. The first-order valence-corrected chi connectivity index (χ1v) is 8.75. The van der Waals surface area contributed by atoms with Crippen molar-refractivity contribution in [2.75, 3.05) is 6.54 Å². The van der Waals surface area contributed by atoms with Crippen LogP contribution in [0.15, 0.2) is 30.3 Å². The van der Waals surface area contributed by atoms with Crippen molar-refractivity contribution in [3.05, 3.63) is 35.9 Å². The second kappa shape index (κ2) is 8.65. The molecule has 136 valence electrons. The maximum absolute atomic E-state index is 12.4. The van der Waals surface area contributed by atoms with Crippen molar-refractivity contribution in [2.24, 2.45) is 5.41 Å². The molecule has 25 heavy (non-hydrogen) atoms. The third-order valence-corrected chi connectivity index (χ3v) is 4.86. The van der Waals surface area contributed by atoms with Crippen LogP contribution in [0.2, 0.25) is 0 Å². The molecule has 2 amide bonds. The Morgan fingerprint density at radius 1 is 1.12 bits per heavy atom. The van der Waals surface area contributed by atoms with E-state index < -0.39 is 17.4 Å². The van der Waals surface area contributed by atoms with E-state index in [4.69, 9.17) is 0 Å². The van der Waals surface area contributed by atoms with Gasteiger partial charge in [-0.05, 0) is 18.4 Å². The molecule has 0 saturated heterocycles. The predicted molar refractivity (Wildman–Crippen MR) is 93.8 cm³/mol. The first-order chi connectivity index (χ1) is 11.9. The van der Waals surface area contributed by atoms with Crippen molar-refractivity contribution >= 4 is 17.8 Å². The van der Waals surface area contributed by atoms with Crippen molar-refractivity contribution in [1.29, 1.82) is 0 Å². The van der Waals surface area contributed by atoms with Gasteiger partial charge >= 0.3 is 5.97 Å². The Morgan fingerprint density at radius 2 is 1.76 bits per heavy atom. The Kier molecular flexibility index (Phi) is 6.56. The van der Waals surface area contributed by atoms with Crippen molar-refractivity contribution in [3.8, 4) is 0 Å². The average Bonchev–Trinajstić information content (AvgIpc) is 2.60. The van der Waals surface area contributed by atoms with Crippen LogP contribution in [0, 0.1) is 5.41 Å². The zero-order valence-corrected chi connectivity index (χ0v) is 14.6. The van der Waals surface area contributed by atoms with E-state index in [0.717, 1.165) is 24.8 Å². The van der Waals surface area contributed by atoms with Crippen LogP contribution in [0.25, 0.3) is 0 Å². The molecule has 1 saturated carbocycles. The molecule has 0 aromatic heterocycles. The quantitative estimate of drug-likeness (QED) is 0.706. The fourth-order valence-corrected chi connectivity index (χ4v) is 3.40. The second-order valence-corrected chi connectivity index (χ2v) is 6.79. The van der Waals surface area contributed by atoms with E-state index in [1.807, 2.05) is 30.3 Å². The normalized spacial score (nSPS) is 17.3. The van der Waals surface area contributed by atoms with E-state index in [2.05, 4.69) is 10.6 Å². The number of benzene rings is 1. The zero-order chi connectivity index (χ0) is 18.3. The van der Waals surface area contributed by atoms with E-state index in [-0.39, 0.29) is 24.8 Å². The third-order valence-electron chi connectivity index (χ3n) is 4.86. The monoisotopic (exact) mass is 346 g/mol. The second-order valence-electron chi connectivity index (χ2n) is 6.79. The van der Waals surface area contributed by atoms with Gasteiger partial charge in [-0.1, -0.05) is 49.6 Å². The number of carbonyl (C=O) groups is 3. The van der Waals surface area contributed by atoms with Gasteiger partial charge in [0.2, 0.25) is 11.8 Å². The largest absolute Gasteiger partial charge is 0.481 e. The molecule has 3 N–H and O–H groups in total. The van der Waals surface area contributed by atoms with Crippen LogP contribution in [0.3, 0.4) is 0 Å². The molecule has 1 aromatic carbocycles. The number of amides is 2. The molecule has 2 rings (SSSR count). The Bertz CT molecular complexity index is 609. The Morgan fingerprint density at radius 3 is 2.32 bits per heavy atom. The average molecular weight is 346 g/mol. The SMILES string of the molecule is CC(=O)NC(CC(=O)NCC1(C(=O)O)CCCCC1)c1ccccc1. The highest BCUT2D eigenvalue weighted by atomic mass is 16.4. The summed E-state index contributed by atoms with van der Waals surface area (Å²) in [6, 6.07) is 8.86. The first kappa shape index (κ1) is 19.0. The molecule has 0 radical (unpaired) electrons. The fourth-order valence-electron chi connectivity index (χ4n) is 3.40. The van der Waals surface area contributed by atoms with Crippen LogP contribution in [-0.4, -0.2) is 29.4 Å². The highest BCUT2D eigenvalue weighted by Crippen LogP contribution is 2.36. The van der Waals surface area contributed by atoms with Gasteiger partial charge in [-0.25, -0.2) is 0 Å². The maximum atomic E-state index is 12.4. The van der Waals surface area contributed by atoms with Gasteiger partial charge in [0.25, 0.3) is 0 Å². The molecular weight excluding hydrogens is 320 g/mol. The number of carboxylic acid groups (broad SMARTS) is 1. The summed E-state index contributed by atoms with van der Waals surface area (Å²) in [5.41, 5.74) is -0.0112. The van der Waals surface area contributed by atoms with Crippen molar-refractivity contribution in [3.63, 3.8) is 0 Å². The summed E-state index contributed by atoms with van der Waals surface area (Å²) in [6.45, 7) is 1.55. The van der Waals surface area contributed by atoms with E-state index in [1.54, 1.807) is 0 Å². The maximum Gasteiger partial charge on any atom is 0.311 e. The van der Waals surface area contributed by atoms with Gasteiger partial charge in [0.15, 0.2) is 0 Å². The summed E-state index contributed by atoms with van der Waals surface area (Å²) in [5, 5.41) is 15.1. The molecule has 0 spiro atoms. The minimum Gasteiger partial charge on any atom is -0.481 e. The van der Waals surface area contributed by atoms with E-state index in [0.29, 0.717) is 12.8 Å². The highest BCUT2D eigenvalue weighted by molar-refractivity contribution is 5.80. The number of rotatable bonds is 7. The molecule has 1 fully saturated rings. The van der Waals surface area contributed by atoms with Crippen LogP contribution in [0.1, 0.15) is 57.1 Å². The standard InChI is InChI=1S/C19H26N2O4/c1-14(22)21-16(15-8-4-2-5-9-15)12-17(23)20-13-19(18(24)25)10-6-3-7-11-19/h2,4-5,8-9,16H,3,6-7,10-13H2,1H3,(H,20,23)(H,21,22)(H,24,25). The van der Waals surface area contributed by atoms with Crippen molar-refractivity contribution in [1.82, 2.24) is 10.6 Å². The number of carbonyl (C=O) groups excluding carboxylic acids is 2. The molecule has 0 bridgehead atoms. The zero-order valence-electron chi connectivity index (χ0n) is 14.6. The number of hydrogen-bond donors (Lipinski definition) is 3. The number of aliphatic carboxylic acids is 1. The lowest BCUT2D eigenvalue weighted by Gasteiger charge is -2.33. The minimum atomic E-state index is -0.857. The van der Waals surface area contributed by atoms with Gasteiger partial charge in [0, 0.05) is 13.5 Å². The lowest BCUT2D eigenvalue weighted by atomic mass is 9.74. The van der Waals surface area contributed by atoms with Gasteiger partial charge in [-0.15, -0.1) is 0 Å². The van der Waals surface area contributed by atoms with Crippen LogP contribution in [0.5, 0.6) is 0 Å². The molecule has 6 heteroatoms. The first-order valence-electron chi connectivity index (χ1n) is 8.75. The van der Waals surface area contributed by atoms with Gasteiger partial charge in [0.05, 0.1) is 17.9 Å². The van der Waals surface area contributed by atoms with E-state index >= 15 is 0 Å². The molecule has 0 heterocycles. The number of nitrogens with one attached hydrogen (secondary N) is 2. The van der Waals surface area contributed by atoms with Gasteiger partial charge in [-0.3, -0.25) is 14.4 Å². The summed E-state index contributed by atoms with van der Waals surface area (Å²) in [5.74, 6) is -1.31. The summed E-state index contributed by atoms with van der Waals surface area (Å²) in [6.07, 6.45) is 4.06. The highest BCUT2D eigenvalue weighted by Gasteiger charge is 2.39. The minimum absolute atomic E-state index is 0.0826. The lowest BCUT2D eigenvalue weighted by molar-refractivity contribution is -0.151. The molecule has 1 aliphatic rings. The molecule has 1 unspecified atom stereocenters. The number of hydrogen-bond acceptors (Lipinski definition) is 3. The van der Waals surface area contributed by atoms with Gasteiger partial charge in [0.1, 0.15) is 0 Å². The van der Waals surface area contributed by atoms with Crippen molar-refractivity contribution < 1.29 is 19.5 Å². The molecule has 1 aliphatic carbocycles. The molecule has 1 atom stereocenters. The Hall–Kier alpha value is -2.37. The van der Waals surface area contributed by atoms with Crippen LogP contribution in [0.4, 0.5) is 0 Å². The third kappa shape index (κ3) is 5.31. The smallest absolute Gasteiger partial charge is 0.311 e. The molecule has 0 aliphatic heterocycles. The molecule has 6 nitrogen and oxygen atoms in total. The van der Waals surface area contributed by atoms with E-state index in [9.17, 15) is 19.5 Å². The van der Waals surface area contributed by atoms with Crippen LogP contribution >= 0.6 is 0 Å². The summed E-state index contributed by atoms with van der Waals surface area (Å²) in [4.78, 5) is 35.5. The predicted octanol–water partition coefficient (Wildman–Crippen LogP) is 2.41. The lowest BCUT2D eigenvalue weighted by Crippen LogP contribution is -2.45. The van der Waals surface area contributed by atoms with Crippen molar-refractivity contribution in [2.45, 2.75) is 51.5 Å².